The summed E-state index contributed by atoms with van der Waals surface area (Å²) < 4.78 is 0. The number of rotatable bonds is 2. The predicted octanol–water partition coefficient (Wildman–Crippen LogP) is 0.566. The number of hydrogen-bond acceptors (Lipinski definition) is 5. The van der Waals surface area contributed by atoms with Crippen molar-refractivity contribution in [2.24, 2.45) is 11.8 Å². The van der Waals surface area contributed by atoms with Crippen LogP contribution in [-0.2, 0) is 19.3 Å². The standard InChI is InChI=1S/C11H15NO5/c1-6(11(15)17-16)12-9(13)7-4-2-3-5-8(7)10(12)14/h6-8,16H,2-5H2,1H3/t6?,7-,8+. The van der Waals surface area contributed by atoms with Gasteiger partial charge in [-0.3, -0.25) is 19.4 Å². The molecule has 1 unspecified atom stereocenters. The molecule has 1 saturated heterocycles. The van der Waals surface area contributed by atoms with Gasteiger partial charge in [-0.2, -0.15) is 5.26 Å². The maximum absolute atomic E-state index is 12.0. The summed E-state index contributed by atoms with van der Waals surface area (Å²) in [6.07, 6.45) is 3.28. The van der Waals surface area contributed by atoms with Crippen LogP contribution in [0.2, 0.25) is 0 Å². The fraction of sp³-hybridized carbons (Fsp3) is 0.727. The molecular weight excluding hydrogens is 226 g/mol. The van der Waals surface area contributed by atoms with Gasteiger partial charge in [-0.1, -0.05) is 12.8 Å². The second-order valence-electron chi connectivity index (χ2n) is 4.63. The zero-order chi connectivity index (χ0) is 12.6. The maximum atomic E-state index is 12.0. The van der Waals surface area contributed by atoms with E-state index in [-0.39, 0.29) is 23.7 Å². The number of amides is 2. The maximum Gasteiger partial charge on any atom is 0.364 e. The van der Waals surface area contributed by atoms with Crippen LogP contribution in [0.5, 0.6) is 0 Å². The van der Waals surface area contributed by atoms with Crippen molar-refractivity contribution in [1.29, 1.82) is 0 Å². The van der Waals surface area contributed by atoms with Crippen LogP contribution in [-0.4, -0.2) is 34.0 Å². The molecule has 2 rings (SSSR count). The Morgan fingerprint density at radius 1 is 1.29 bits per heavy atom. The molecule has 6 nitrogen and oxygen atoms in total. The predicted molar refractivity (Wildman–Crippen MR) is 55.5 cm³/mol. The Bertz CT molecular complexity index is 343. The van der Waals surface area contributed by atoms with Crippen LogP contribution in [0, 0.1) is 11.8 Å². The average Bonchev–Trinajstić information content (AvgIpc) is 2.61. The van der Waals surface area contributed by atoms with Gasteiger partial charge >= 0.3 is 5.97 Å². The summed E-state index contributed by atoms with van der Waals surface area (Å²) in [4.78, 5) is 39.8. The van der Waals surface area contributed by atoms with Gasteiger partial charge in [0.25, 0.3) is 0 Å². The van der Waals surface area contributed by atoms with Crippen LogP contribution in [0.15, 0.2) is 0 Å². The van der Waals surface area contributed by atoms with Crippen molar-refractivity contribution >= 4 is 17.8 Å². The molecule has 17 heavy (non-hydrogen) atoms. The minimum atomic E-state index is -1.05. The van der Waals surface area contributed by atoms with Gasteiger partial charge in [0.1, 0.15) is 6.04 Å². The summed E-state index contributed by atoms with van der Waals surface area (Å²) >= 11 is 0. The SMILES string of the molecule is CC(C(=O)OO)N1C(=O)[C@H]2CCCC[C@H]2C1=O. The Hall–Kier alpha value is -1.43. The van der Waals surface area contributed by atoms with Crippen molar-refractivity contribution in [2.75, 3.05) is 0 Å². The van der Waals surface area contributed by atoms with Crippen molar-refractivity contribution in [3.63, 3.8) is 0 Å². The number of imide groups is 1. The van der Waals surface area contributed by atoms with E-state index in [0.717, 1.165) is 17.7 Å². The Morgan fingerprint density at radius 2 is 1.76 bits per heavy atom. The van der Waals surface area contributed by atoms with Crippen LogP contribution < -0.4 is 0 Å². The second-order valence-corrected chi connectivity index (χ2v) is 4.63. The van der Waals surface area contributed by atoms with Gasteiger partial charge in [0.15, 0.2) is 0 Å². The molecule has 1 aliphatic carbocycles. The highest BCUT2D eigenvalue weighted by Gasteiger charge is 2.51. The molecule has 0 spiro atoms. The number of fused-ring (bicyclic) bond motifs is 1. The van der Waals surface area contributed by atoms with E-state index in [4.69, 9.17) is 5.26 Å². The highest BCUT2D eigenvalue weighted by molar-refractivity contribution is 6.07. The van der Waals surface area contributed by atoms with Gasteiger partial charge in [0.05, 0.1) is 11.8 Å². The molecule has 1 saturated carbocycles. The van der Waals surface area contributed by atoms with E-state index >= 15 is 0 Å². The Balaban J connectivity index is 2.21. The van der Waals surface area contributed by atoms with Crippen molar-refractivity contribution < 1.29 is 24.5 Å². The third-order valence-electron chi connectivity index (χ3n) is 3.69. The van der Waals surface area contributed by atoms with Crippen molar-refractivity contribution in [3.8, 4) is 0 Å². The third kappa shape index (κ3) is 1.82. The van der Waals surface area contributed by atoms with Gasteiger partial charge in [0.2, 0.25) is 11.8 Å². The van der Waals surface area contributed by atoms with Crippen LogP contribution in [0.4, 0.5) is 0 Å². The van der Waals surface area contributed by atoms with E-state index in [1.807, 2.05) is 0 Å². The summed E-state index contributed by atoms with van der Waals surface area (Å²) in [7, 11) is 0. The minimum Gasteiger partial charge on any atom is -0.299 e. The first-order valence-corrected chi connectivity index (χ1v) is 5.80. The van der Waals surface area contributed by atoms with Crippen LogP contribution >= 0.6 is 0 Å². The van der Waals surface area contributed by atoms with Gasteiger partial charge in [-0.15, -0.1) is 0 Å². The van der Waals surface area contributed by atoms with Crippen molar-refractivity contribution in [2.45, 2.75) is 38.6 Å². The molecule has 3 atom stereocenters. The van der Waals surface area contributed by atoms with Gasteiger partial charge < -0.3 is 0 Å². The van der Waals surface area contributed by atoms with E-state index in [2.05, 4.69) is 4.89 Å². The van der Waals surface area contributed by atoms with E-state index in [1.54, 1.807) is 0 Å². The summed E-state index contributed by atoms with van der Waals surface area (Å²) in [5.41, 5.74) is 0. The Labute approximate surface area is 98.5 Å². The van der Waals surface area contributed by atoms with Crippen molar-refractivity contribution in [1.82, 2.24) is 4.90 Å². The van der Waals surface area contributed by atoms with E-state index in [0.29, 0.717) is 12.8 Å². The summed E-state index contributed by atoms with van der Waals surface area (Å²) in [6, 6.07) is -1.05. The minimum absolute atomic E-state index is 0.287. The molecule has 0 aromatic heterocycles. The van der Waals surface area contributed by atoms with Crippen LogP contribution in [0.1, 0.15) is 32.6 Å². The molecule has 2 aliphatic rings. The number of nitrogens with zero attached hydrogens (tertiary/aromatic N) is 1. The molecule has 1 heterocycles. The Morgan fingerprint density at radius 3 is 2.18 bits per heavy atom. The first kappa shape index (κ1) is 12.0. The zero-order valence-corrected chi connectivity index (χ0v) is 9.59. The van der Waals surface area contributed by atoms with Crippen LogP contribution in [0.3, 0.4) is 0 Å². The fourth-order valence-corrected chi connectivity index (χ4v) is 2.75. The molecular formula is C11H15NO5. The largest absolute Gasteiger partial charge is 0.364 e. The first-order chi connectivity index (χ1) is 8.07. The quantitative estimate of drug-likeness (QED) is 0.434. The van der Waals surface area contributed by atoms with Crippen LogP contribution in [0.25, 0.3) is 0 Å². The number of carbonyl (C=O) groups excluding carboxylic acids is 3. The van der Waals surface area contributed by atoms with Gasteiger partial charge in [-0.25, -0.2) is 4.79 Å². The molecule has 2 fully saturated rings. The molecule has 1 aliphatic heterocycles. The number of carbonyl (C=O) groups is 3. The second kappa shape index (κ2) is 4.44. The molecule has 0 bridgehead atoms. The lowest BCUT2D eigenvalue weighted by Gasteiger charge is -2.19. The molecule has 94 valence electrons. The number of likely N-dealkylation sites (tertiary alicyclic amines) is 1. The van der Waals surface area contributed by atoms with Gasteiger partial charge in [-0.05, 0) is 19.8 Å². The zero-order valence-electron chi connectivity index (χ0n) is 9.59. The normalized spacial score (nSPS) is 30.1. The average molecular weight is 241 g/mol. The summed E-state index contributed by atoms with van der Waals surface area (Å²) in [5, 5.41) is 8.30. The summed E-state index contributed by atoms with van der Waals surface area (Å²) in [6.45, 7) is 1.38. The lowest BCUT2D eigenvalue weighted by atomic mass is 9.81. The smallest absolute Gasteiger partial charge is 0.299 e. The van der Waals surface area contributed by atoms with Crippen molar-refractivity contribution in [3.05, 3.63) is 0 Å². The molecule has 2 amide bonds. The molecule has 0 aromatic carbocycles. The number of hydrogen-bond donors (Lipinski definition) is 1. The third-order valence-corrected chi connectivity index (χ3v) is 3.69. The van der Waals surface area contributed by atoms with Gasteiger partial charge in [0, 0.05) is 0 Å². The molecule has 1 N–H and O–H groups in total. The lowest BCUT2D eigenvalue weighted by Crippen LogP contribution is -2.44. The molecule has 6 heteroatoms. The highest BCUT2D eigenvalue weighted by Crippen LogP contribution is 2.38. The highest BCUT2D eigenvalue weighted by atomic mass is 17.1. The monoisotopic (exact) mass is 241 g/mol. The molecule has 0 radical (unpaired) electrons. The molecule has 0 aromatic rings. The van der Waals surface area contributed by atoms with E-state index in [1.165, 1.54) is 6.92 Å². The van der Waals surface area contributed by atoms with E-state index < -0.39 is 12.0 Å². The van der Waals surface area contributed by atoms with E-state index in [9.17, 15) is 14.4 Å². The topological polar surface area (TPSA) is 83.9 Å². The first-order valence-electron chi connectivity index (χ1n) is 5.80. The summed E-state index contributed by atoms with van der Waals surface area (Å²) in [5.74, 6) is -2.17. The Kier molecular flexibility index (Phi) is 3.15. The lowest BCUT2D eigenvalue weighted by molar-refractivity contribution is -0.238. The fourth-order valence-electron chi connectivity index (χ4n) is 2.75.